The van der Waals surface area contributed by atoms with Gasteiger partial charge in [0.2, 0.25) is 11.4 Å². The molecule has 9 nitrogen and oxygen atoms in total. The van der Waals surface area contributed by atoms with Crippen LogP contribution in [0.15, 0.2) is 69.9 Å². The van der Waals surface area contributed by atoms with E-state index >= 15 is 0 Å². The van der Waals surface area contributed by atoms with E-state index in [1.165, 1.54) is 11.6 Å². The number of fused-ring (bicyclic) bond motifs is 2. The number of nitrogens with zero attached hydrogens (tertiary/aromatic N) is 5. The van der Waals surface area contributed by atoms with Gasteiger partial charge in [0.05, 0.1) is 17.6 Å². The molecule has 6 rings (SSSR count). The number of nitrogens with one attached hydrogen (secondary N) is 2. The van der Waals surface area contributed by atoms with E-state index in [4.69, 9.17) is 4.42 Å². The highest BCUT2D eigenvalue weighted by Gasteiger charge is 2.17. The van der Waals surface area contributed by atoms with Crippen LogP contribution < -0.4 is 21.0 Å². The standard InChI is InChI=1S/C27H25N7O2/c1-16(2)17-7-20-14-31-27(33-22(20)9-17)32-21-8-18(12-29-15-21)19-10-24-26(30-13-19)23(35)11-25(36-24)34-5-3-28-4-6-34/h7-8,10-15,28H,1,3-6,9H2,2H3,(H,31,32,33). The van der Waals surface area contributed by atoms with Gasteiger partial charge in [-0.1, -0.05) is 12.2 Å². The van der Waals surface area contributed by atoms with Crippen molar-refractivity contribution in [1.29, 1.82) is 0 Å². The fourth-order valence-corrected chi connectivity index (χ4v) is 4.47. The largest absolute Gasteiger partial charge is 0.439 e. The van der Waals surface area contributed by atoms with Crippen LogP contribution in [0, 0.1) is 0 Å². The Hall–Kier alpha value is -4.37. The third-order valence-electron chi connectivity index (χ3n) is 6.45. The molecule has 0 saturated carbocycles. The smallest absolute Gasteiger partial charge is 0.227 e. The first kappa shape index (κ1) is 22.1. The van der Waals surface area contributed by atoms with Crippen LogP contribution in [0.5, 0.6) is 0 Å². The highest BCUT2D eigenvalue weighted by Crippen LogP contribution is 2.29. The Bertz CT molecular complexity index is 1590. The molecular weight excluding hydrogens is 454 g/mol. The molecule has 2 aliphatic rings. The highest BCUT2D eigenvalue weighted by atomic mass is 16.4. The van der Waals surface area contributed by atoms with Gasteiger partial charge in [-0.25, -0.2) is 15.0 Å². The van der Waals surface area contributed by atoms with Crippen molar-refractivity contribution in [3.8, 4) is 11.1 Å². The third-order valence-corrected chi connectivity index (χ3v) is 6.45. The Kier molecular flexibility index (Phi) is 5.54. The molecule has 1 saturated heterocycles. The van der Waals surface area contributed by atoms with Crippen LogP contribution >= 0.6 is 0 Å². The second-order valence-corrected chi connectivity index (χ2v) is 9.07. The Morgan fingerprint density at radius 1 is 1.08 bits per heavy atom. The first-order valence-electron chi connectivity index (χ1n) is 11.9. The molecule has 0 aromatic carbocycles. The number of hydrogen-bond donors (Lipinski definition) is 2. The fraction of sp³-hybridized carbons (Fsp3) is 0.222. The number of allylic oxidation sites excluding steroid dienone is 2. The van der Waals surface area contributed by atoms with Gasteiger partial charge in [0.1, 0.15) is 0 Å². The predicted molar refractivity (Wildman–Crippen MR) is 140 cm³/mol. The summed E-state index contributed by atoms with van der Waals surface area (Å²) in [6.07, 6.45) is 9.80. The maximum absolute atomic E-state index is 12.7. The zero-order valence-electron chi connectivity index (χ0n) is 19.9. The van der Waals surface area contributed by atoms with Gasteiger partial charge in [-0.05, 0) is 30.7 Å². The molecule has 0 spiro atoms. The van der Waals surface area contributed by atoms with E-state index in [9.17, 15) is 4.79 Å². The first-order chi connectivity index (χ1) is 17.5. The van der Waals surface area contributed by atoms with Crippen LogP contribution in [0.3, 0.4) is 0 Å². The van der Waals surface area contributed by atoms with Crippen molar-refractivity contribution < 1.29 is 4.42 Å². The van der Waals surface area contributed by atoms with Gasteiger partial charge in [-0.3, -0.25) is 9.78 Å². The number of piperazine rings is 1. The SMILES string of the molecule is C=C(C)C1=Cc2cnc(Nc3cncc(-c4cnc5c(=O)cc(N6CCNCC6)oc5c4)c3)nc2C1. The number of hydrogen-bond acceptors (Lipinski definition) is 9. The molecule has 5 heterocycles. The van der Waals surface area contributed by atoms with Gasteiger partial charge in [0, 0.05) is 73.9 Å². The summed E-state index contributed by atoms with van der Waals surface area (Å²) in [6.45, 7) is 9.30. The Morgan fingerprint density at radius 3 is 2.75 bits per heavy atom. The van der Waals surface area contributed by atoms with Crippen molar-refractivity contribution in [3.05, 3.63) is 82.2 Å². The van der Waals surface area contributed by atoms with Crippen LogP contribution in [0.2, 0.25) is 0 Å². The zero-order valence-corrected chi connectivity index (χ0v) is 19.9. The van der Waals surface area contributed by atoms with Gasteiger partial charge in [-0.15, -0.1) is 0 Å². The number of pyridine rings is 2. The Balaban J connectivity index is 1.27. The molecule has 1 aliphatic carbocycles. The minimum Gasteiger partial charge on any atom is -0.439 e. The lowest BCUT2D eigenvalue weighted by atomic mass is 10.1. The van der Waals surface area contributed by atoms with E-state index in [1.54, 1.807) is 18.6 Å². The third kappa shape index (κ3) is 4.25. The van der Waals surface area contributed by atoms with Crippen LogP contribution in [-0.4, -0.2) is 46.1 Å². The van der Waals surface area contributed by atoms with E-state index in [0.29, 0.717) is 22.9 Å². The summed E-state index contributed by atoms with van der Waals surface area (Å²) in [5.74, 6) is 1.08. The van der Waals surface area contributed by atoms with Crippen molar-refractivity contribution in [3.63, 3.8) is 0 Å². The van der Waals surface area contributed by atoms with Gasteiger partial charge < -0.3 is 20.0 Å². The van der Waals surface area contributed by atoms with Crippen molar-refractivity contribution in [2.45, 2.75) is 13.3 Å². The lowest BCUT2D eigenvalue weighted by molar-refractivity contribution is 0.520. The molecule has 2 N–H and O–H groups in total. The van der Waals surface area contributed by atoms with Crippen LogP contribution in [-0.2, 0) is 6.42 Å². The molecule has 4 aromatic rings. The van der Waals surface area contributed by atoms with Gasteiger partial charge >= 0.3 is 0 Å². The molecule has 1 aliphatic heterocycles. The number of aromatic nitrogens is 4. The van der Waals surface area contributed by atoms with E-state index < -0.39 is 0 Å². The molecule has 4 aromatic heterocycles. The average Bonchev–Trinajstić information content (AvgIpc) is 3.33. The molecule has 0 unspecified atom stereocenters. The molecular formula is C27H25N7O2. The van der Waals surface area contributed by atoms with Gasteiger partial charge in [-0.2, -0.15) is 0 Å². The average molecular weight is 480 g/mol. The maximum Gasteiger partial charge on any atom is 0.227 e. The quantitative estimate of drug-likeness (QED) is 0.443. The predicted octanol–water partition coefficient (Wildman–Crippen LogP) is 3.71. The van der Waals surface area contributed by atoms with Crippen molar-refractivity contribution in [1.82, 2.24) is 25.3 Å². The van der Waals surface area contributed by atoms with E-state index in [-0.39, 0.29) is 5.43 Å². The molecule has 0 bridgehead atoms. The lowest BCUT2D eigenvalue weighted by Gasteiger charge is -2.27. The second-order valence-electron chi connectivity index (χ2n) is 9.07. The fourth-order valence-electron chi connectivity index (χ4n) is 4.47. The molecule has 36 heavy (non-hydrogen) atoms. The summed E-state index contributed by atoms with van der Waals surface area (Å²) in [5, 5.41) is 6.56. The van der Waals surface area contributed by atoms with Crippen LogP contribution in [0.25, 0.3) is 28.3 Å². The van der Waals surface area contributed by atoms with E-state index in [2.05, 4.69) is 48.1 Å². The van der Waals surface area contributed by atoms with Crippen molar-refractivity contribution >= 4 is 34.7 Å². The monoisotopic (exact) mass is 479 g/mol. The van der Waals surface area contributed by atoms with E-state index in [1.807, 2.05) is 25.3 Å². The molecule has 0 radical (unpaired) electrons. The normalized spacial score (nSPS) is 15.0. The minimum absolute atomic E-state index is 0.150. The first-order valence-corrected chi connectivity index (χ1v) is 11.9. The summed E-state index contributed by atoms with van der Waals surface area (Å²) in [6, 6.07) is 5.31. The summed E-state index contributed by atoms with van der Waals surface area (Å²) in [5.41, 5.74) is 7.20. The summed E-state index contributed by atoms with van der Waals surface area (Å²) >= 11 is 0. The second kappa shape index (κ2) is 9.01. The maximum atomic E-state index is 12.7. The summed E-state index contributed by atoms with van der Waals surface area (Å²) < 4.78 is 6.11. The highest BCUT2D eigenvalue weighted by molar-refractivity contribution is 5.80. The molecule has 9 heteroatoms. The van der Waals surface area contributed by atoms with Crippen LogP contribution in [0.1, 0.15) is 18.2 Å². The Labute approximate surface area is 207 Å². The molecule has 180 valence electrons. The van der Waals surface area contributed by atoms with Crippen molar-refractivity contribution in [2.24, 2.45) is 0 Å². The Morgan fingerprint density at radius 2 is 1.92 bits per heavy atom. The number of rotatable bonds is 5. The lowest BCUT2D eigenvalue weighted by Crippen LogP contribution is -2.43. The topological polar surface area (TPSA) is 109 Å². The molecule has 1 fully saturated rings. The molecule has 0 atom stereocenters. The minimum atomic E-state index is -0.150. The van der Waals surface area contributed by atoms with Crippen molar-refractivity contribution in [2.75, 3.05) is 36.4 Å². The van der Waals surface area contributed by atoms with Gasteiger partial charge in [0.15, 0.2) is 17.0 Å². The van der Waals surface area contributed by atoms with Crippen LogP contribution in [0.4, 0.5) is 17.5 Å². The molecule has 0 amide bonds. The van der Waals surface area contributed by atoms with E-state index in [0.717, 1.165) is 66.2 Å². The summed E-state index contributed by atoms with van der Waals surface area (Å²) in [7, 11) is 0. The zero-order chi connectivity index (χ0) is 24.6. The van der Waals surface area contributed by atoms with Gasteiger partial charge in [0.25, 0.3) is 0 Å². The summed E-state index contributed by atoms with van der Waals surface area (Å²) in [4.78, 5) is 32.6. The number of anilines is 3.